The summed E-state index contributed by atoms with van der Waals surface area (Å²) < 4.78 is 26.3. The molecular formula is C35H33BrCl2FN3O4S. The Morgan fingerprint density at radius 3 is 2.55 bits per heavy atom. The molecule has 0 unspecified atom stereocenters. The number of aliphatic imine (C=N–C) groups is 1. The molecule has 1 amide bonds. The number of benzene rings is 4. The molecule has 0 aliphatic carbocycles. The van der Waals surface area contributed by atoms with Crippen LogP contribution in [-0.4, -0.2) is 48.0 Å². The molecule has 0 saturated carbocycles. The Kier molecular flexibility index (Phi) is 12.6. The number of hydrazine groups is 1. The standard InChI is InChI=1S/C35H33BrCl2FN3O4S/c36-30-5-2-1-4-25(30)21-35(34(44)42-40-16-19-47-22-23-6-11-27(39)12-7-23)32(29-15-10-26(37)20-31(29)38)46-33(41-35)24-8-13-28(14-9-24)45-18-3-17-43/h1-2,4-15,20,32,40,43H,3,16-19,21-22H2,(H,42,44)/t32-,35-/m0/s1. The van der Waals surface area contributed by atoms with Gasteiger partial charge in [0.1, 0.15) is 11.6 Å². The third kappa shape index (κ3) is 9.07. The summed E-state index contributed by atoms with van der Waals surface area (Å²) in [5.41, 5.74) is 7.57. The van der Waals surface area contributed by atoms with Crippen LogP contribution in [0.5, 0.6) is 5.75 Å². The molecule has 2 atom stereocenters. The van der Waals surface area contributed by atoms with Crippen LogP contribution in [-0.2, 0) is 21.7 Å². The number of rotatable bonds is 15. The fraction of sp³-hybridized carbons (Fsp3) is 0.257. The number of amides is 1. The van der Waals surface area contributed by atoms with Crippen molar-refractivity contribution in [1.29, 1.82) is 0 Å². The summed E-state index contributed by atoms with van der Waals surface area (Å²) in [7, 11) is 0. The number of carbonyl (C=O) groups is 1. The van der Waals surface area contributed by atoms with Gasteiger partial charge in [-0.05, 0) is 65.7 Å². The lowest BCUT2D eigenvalue weighted by Crippen LogP contribution is -2.54. The number of aliphatic hydroxyl groups is 1. The van der Waals surface area contributed by atoms with Crippen molar-refractivity contribution >= 4 is 62.7 Å². The van der Waals surface area contributed by atoms with Gasteiger partial charge < -0.3 is 14.6 Å². The molecule has 246 valence electrons. The molecule has 12 heteroatoms. The van der Waals surface area contributed by atoms with Crippen molar-refractivity contribution < 1.29 is 23.8 Å². The predicted molar refractivity (Wildman–Crippen MR) is 190 cm³/mol. The molecule has 1 aliphatic heterocycles. The van der Waals surface area contributed by atoms with Gasteiger partial charge in [0.2, 0.25) is 5.90 Å². The minimum absolute atomic E-state index is 0.0444. The maximum Gasteiger partial charge on any atom is 0.266 e. The van der Waals surface area contributed by atoms with Crippen LogP contribution in [0.15, 0.2) is 100 Å². The Balaban J connectivity index is 1.42. The monoisotopic (exact) mass is 759 g/mol. The van der Waals surface area contributed by atoms with E-state index in [0.29, 0.717) is 58.0 Å². The van der Waals surface area contributed by atoms with E-state index in [-0.39, 0.29) is 24.7 Å². The summed E-state index contributed by atoms with van der Waals surface area (Å²) in [6.07, 6.45) is -0.185. The summed E-state index contributed by atoms with van der Waals surface area (Å²) in [6, 6.07) is 26.4. The van der Waals surface area contributed by atoms with Crippen molar-refractivity contribution in [2.45, 2.75) is 30.2 Å². The van der Waals surface area contributed by atoms with Gasteiger partial charge in [-0.2, -0.15) is 11.8 Å². The molecule has 0 radical (unpaired) electrons. The van der Waals surface area contributed by atoms with Gasteiger partial charge >= 0.3 is 0 Å². The Morgan fingerprint density at radius 1 is 1.06 bits per heavy atom. The number of ether oxygens (including phenoxy) is 2. The topological polar surface area (TPSA) is 92.2 Å². The maximum absolute atomic E-state index is 14.4. The molecule has 1 aliphatic rings. The zero-order chi connectivity index (χ0) is 33.2. The quantitative estimate of drug-likeness (QED) is 0.0850. The molecule has 0 fully saturated rings. The first kappa shape index (κ1) is 35.2. The van der Waals surface area contributed by atoms with Crippen LogP contribution in [0.1, 0.15) is 34.8 Å². The van der Waals surface area contributed by atoms with E-state index in [0.717, 1.165) is 15.6 Å². The Morgan fingerprint density at radius 2 is 1.83 bits per heavy atom. The Hall–Kier alpha value is -3.12. The van der Waals surface area contributed by atoms with Gasteiger partial charge in [0, 0.05) is 63.1 Å². The molecule has 0 saturated heterocycles. The van der Waals surface area contributed by atoms with Crippen LogP contribution in [0.25, 0.3) is 0 Å². The van der Waals surface area contributed by atoms with Gasteiger partial charge in [0.05, 0.1) is 6.61 Å². The molecule has 4 aromatic rings. The zero-order valence-corrected chi connectivity index (χ0v) is 29.1. The molecule has 7 nitrogen and oxygen atoms in total. The highest BCUT2D eigenvalue weighted by Crippen LogP contribution is 2.45. The lowest BCUT2D eigenvalue weighted by atomic mass is 9.82. The van der Waals surface area contributed by atoms with E-state index in [4.69, 9.17) is 42.8 Å². The SMILES string of the molecule is O=C(NNCCSCc1ccc(F)cc1)[C@@]1(Cc2ccccc2Br)N=C(c2ccc(OCCCO)cc2)O[C@H]1c1ccc(Cl)cc1Cl. The molecule has 4 aromatic carbocycles. The molecule has 5 rings (SSSR count). The highest BCUT2D eigenvalue weighted by Gasteiger charge is 2.54. The van der Waals surface area contributed by atoms with E-state index < -0.39 is 17.6 Å². The van der Waals surface area contributed by atoms with Crippen LogP contribution < -0.4 is 15.6 Å². The van der Waals surface area contributed by atoms with Gasteiger partial charge in [-0.1, -0.05) is 75.5 Å². The zero-order valence-electron chi connectivity index (χ0n) is 25.2. The fourth-order valence-corrected chi connectivity index (χ4v) is 6.80. The lowest BCUT2D eigenvalue weighted by Gasteiger charge is -2.31. The Bertz CT molecular complexity index is 1700. The third-order valence-corrected chi connectivity index (χ3v) is 9.81. The summed E-state index contributed by atoms with van der Waals surface area (Å²) >= 11 is 18.3. The van der Waals surface area contributed by atoms with Crippen LogP contribution >= 0.6 is 50.9 Å². The molecule has 1 heterocycles. The molecule has 0 spiro atoms. The Labute approximate surface area is 296 Å². The number of halogens is 4. The second-order valence-corrected chi connectivity index (χ2v) is 13.6. The van der Waals surface area contributed by atoms with E-state index in [1.165, 1.54) is 12.1 Å². The van der Waals surface area contributed by atoms with Gasteiger partial charge in [0.15, 0.2) is 11.6 Å². The average molecular weight is 762 g/mol. The van der Waals surface area contributed by atoms with Crippen LogP contribution in [0, 0.1) is 5.82 Å². The minimum Gasteiger partial charge on any atom is -0.494 e. The first-order valence-electron chi connectivity index (χ1n) is 14.9. The summed E-state index contributed by atoms with van der Waals surface area (Å²) in [5, 5.41) is 9.87. The number of hydrogen-bond acceptors (Lipinski definition) is 7. The van der Waals surface area contributed by atoms with Gasteiger partial charge in [-0.25, -0.2) is 14.8 Å². The molecular weight excluding hydrogens is 728 g/mol. The van der Waals surface area contributed by atoms with Crippen molar-refractivity contribution in [2.75, 3.05) is 25.5 Å². The van der Waals surface area contributed by atoms with Gasteiger partial charge in [-0.3, -0.25) is 10.2 Å². The normalized spacial score (nSPS) is 17.2. The third-order valence-electron chi connectivity index (χ3n) is 7.45. The van der Waals surface area contributed by atoms with E-state index >= 15 is 0 Å². The number of nitrogens with zero attached hydrogens (tertiary/aromatic N) is 1. The smallest absolute Gasteiger partial charge is 0.266 e. The van der Waals surface area contributed by atoms with E-state index in [1.54, 1.807) is 54.2 Å². The average Bonchev–Trinajstić information content (AvgIpc) is 3.45. The fourth-order valence-electron chi connectivity index (χ4n) is 5.05. The first-order valence-corrected chi connectivity index (χ1v) is 17.6. The van der Waals surface area contributed by atoms with E-state index in [9.17, 15) is 9.18 Å². The number of aliphatic hydroxyl groups excluding tert-OH is 1. The largest absolute Gasteiger partial charge is 0.494 e. The number of thioether (sulfide) groups is 1. The molecule has 0 aromatic heterocycles. The number of carbonyl (C=O) groups excluding carboxylic acids is 1. The summed E-state index contributed by atoms with van der Waals surface area (Å²) in [4.78, 5) is 19.4. The maximum atomic E-state index is 14.4. The van der Waals surface area contributed by atoms with E-state index in [1.807, 2.05) is 36.4 Å². The highest BCUT2D eigenvalue weighted by atomic mass is 79.9. The first-order chi connectivity index (χ1) is 22.8. The second-order valence-electron chi connectivity index (χ2n) is 10.8. The van der Waals surface area contributed by atoms with Crippen LogP contribution in [0.3, 0.4) is 0 Å². The second kappa shape index (κ2) is 16.8. The van der Waals surface area contributed by atoms with Crippen molar-refractivity contribution in [3.63, 3.8) is 0 Å². The van der Waals surface area contributed by atoms with Crippen LogP contribution in [0.2, 0.25) is 10.0 Å². The van der Waals surface area contributed by atoms with Gasteiger partial charge in [-0.15, -0.1) is 0 Å². The van der Waals surface area contributed by atoms with Crippen molar-refractivity contribution in [3.8, 4) is 5.75 Å². The summed E-state index contributed by atoms with van der Waals surface area (Å²) in [5.74, 6) is 1.66. The molecule has 3 N–H and O–H groups in total. The van der Waals surface area contributed by atoms with Crippen LogP contribution in [0.4, 0.5) is 4.39 Å². The van der Waals surface area contributed by atoms with E-state index in [2.05, 4.69) is 26.8 Å². The minimum atomic E-state index is -1.47. The molecule has 0 bridgehead atoms. The van der Waals surface area contributed by atoms with Crippen molar-refractivity contribution in [2.24, 2.45) is 4.99 Å². The molecule has 47 heavy (non-hydrogen) atoms. The number of nitrogens with one attached hydrogen (secondary N) is 2. The summed E-state index contributed by atoms with van der Waals surface area (Å²) in [6.45, 7) is 0.907. The highest BCUT2D eigenvalue weighted by molar-refractivity contribution is 9.10. The van der Waals surface area contributed by atoms with Gasteiger partial charge in [0.25, 0.3) is 5.91 Å². The van der Waals surface area contributed by atoms with Crippen molar-refractivity contribution in [1.82, 2.24) is 10.9 Å². The van der Waals surface area contributed by atoms with Crippen molar-refractivity contribution in [3.05, 3.63) is 134 Å². The predicted octanol–water partition coefficient (Wildman–Crippen LogP) is 7.71. The number of hydrogen-bond donors (Lipinski definition) is 3. The lowest BCUT2D eigenvalue weighted by molar-refractivity contribution is -0.130.